The third-order valence-corrected chi connectivity index (χ3v) is 4.92. The summed E-state index contributed by atoms with van der Waals surface area (Å²) < 4.78 is 13.7. The maximum atomic E-state index is 13.7. The predicted octanol–water partition coefficient (Wildman–Crippen LogP) is 3.65. The lowest BCUT2D eigenvalue weighted by Crippen LogP contribution is -2.45. The molecule has 136 valence electrons. The first-order valence-electron chi connectivity index (χ1n) is 8.61. The number of halogens is 2. The Morgan fingerprint density at radius 3 is 2.65 bits per heavy atom. The Labute approximate surface area is 157 Å². The fraction of sp³-hybridized carbons (Fsp3) is 0.300. The Morgan fingerprint density at radius 2 is 1.88 bits per heavy atom. The van der Waals surface area contributed by atoms with Gasteiger partial charge in [-0.25, -0.2) is 4.39 Å². The van der Waals surface area contributed by atoms with Crippen LogP contribution in [0.2, 0.25) is 5.02 Å². The Balaban J connectivity index is 1.61. The van der Waals surface area contributed by atoms with E-state index in [2.05, 4.69) is 5.32 Å². The van der Waals surface area contributed by atoms with Crippen LogP contribution in [0.3, 0.4) is 0 Å². The molecule has 1 aliphatic rings. The lowest BCUT2D eigenvalue weighted by atomic mass is 9.96. The van der Waals surface area contributed by atoms with Gasteiger partial charge in [0, 0.05) is 25.2 Å². The molecule has 0 aromatic heterocycles. The van der Waals surface area contributed by atoms with Crippen LogP contribution in [0.5, 0.6) is 0 Å². The maximum Gasteiger partial charge on any atom is 0.255 e. The van der Waals surface area contributed by atoms with Gasteiger partial charge in [-0.2, -0.15) is 0 Å². The first-order chi connectivity index (χ1) is 12.6. The molecule has 1 saturated heterocycles. The smallest absolute Gasteiger partial charge is 0.255 e. The molecule has 0 saturated carbocycles. The van der Waals surface area contributed by atoms with Gasteiger partial charge in [0.05, 0.1) is 16.5 Å². The van der Waals surface area contributed by atoms with Crippen LogP contribution in [0.4, 0.5) is 4.39 Å². The Bertz CT molecular complexity index is 812. The molecule has 2 aromatic carbocycles. The minimum absolute atomic E-state index is 0.139. The molecule has 1 aliphatic heterocycles. The van der Waals surface area contributed by atoms with Gasteiger partial charge in [0.25, 0.3) is 5.91 Å². The van der Waals surface area contributed by atoms with E-state index in [4.69, 9.17) is 11.6 Å². The van der Waals surface area contributed by atoms with Crippen LogP contribution in [-0.2, 0) is 11.3 Å². The highest BCUT2D eigenvalue weighted by atomic mass is 35.5. The molecule has 0 radical (unpaired) electrons. The number of likely N-dealkylation sites (tertiary alicyclic amines) is 1. The van der Waals surface area contributed by atoms with E-state index in [0.717, 1.165) is 6.42 Å². The van der Waals surface area contributed by atoms with Crippen molar-refractivity contribution in [3.05, 3.63) is 70.5 Å². The number of benzene rings is 2. The van der Waals surface area contributed by atoms with Crippen molar-refractivity contribution in [2.45, 2.75) is 19.4 Å². The predicted molar refractivity (Wildman–Crippen MR) is 98.3 cm³/mol. The highest BCUT2D eigenvalue weighted by molar-refractivity contribution is 6.33. The van der Waals surface area contributed by atoms with Crippen LogP contribution in [0, 0.1) is 11.7 Å². The number of rotatable bonds is 4. The summed E-state index contributed by atoms with van der Waals surface area (Å²) in [6, 6.07) is 13.3. The lowest BCUT2D eigenvalue weighted by molar-refractivity contribution is -0.126. The molecule has 26 heavy (non-hydrogen) atoms. The normalized spacial score (nSPS) is 17.0. The van der Waals surface area contributed by atoms with Crippen LogP contribution in [-0.4, -0.2) is 29.8 Å². The molecule has 1 heterocycles. The summed E-state index contributed by atoms with van der Waals surface area (Å²) >= 11 is 6.11. The van der Waals surface area contributed by atoms with Crippen molar-refractivity contribution in [3.8, 4) is 0 Å². The summed E-state index contributed by atoms with van der Waals surface area (Å²) in [5, 5.41) is 3.18. The summed E-state index contributed by atoms with van der Waals surface area (Å²) in [6.45, 7) is 1.08. The monoisotopic (exact) mass is 374 g/mol. The van der Waals surface area contributed by atoms with Crippen molar-refractivity contribution in [2.24, 2.45) is 5.92 Å². The van der Waals surface area contributed by atoms with E-state index in [9.17, 15) is 14.0 Å². The second-order valence-electron chi connectivity index (χ2n) is 6.38. The van der Waals surface area contributed by atoms with E-state index >= 15 is 0 Å². The third-order valence-electron chi connectivity index (χ3n) is 4.59. The van der Waals surface area contributed by atoms with Gasteiger partial charge in [-0.05, 0) is 31.0 Å². The molecule has 4 nitrogen and oxygen atoms in total. The molecule has 2 amide bonds. The first-order valence-corrected chi connectivity index (χ1v) is 8.99. The standard InChI is InChI=1S/C20H20ClFN2O2/c21-17-9-3-2-8-16(17)20(26)24-11-5-7-15(13-24)19(25)23-12-14-6-1-4-10-18(14)22/h1-4,6,8-10,15H,5,7,11-13H2,(H,23,25). The van der Waals surface area contributed by atoms with Gasteiger partial charge in [-0.1, -0.05) is 41.9 Å². The fourth-order valence-corrected chi connectivity index (χ4v) is 3.37. The lowest BCUT2D eigenvalue weighted by Gasteiger charge is -2.32. The summed E-state index contributed by atoms with van der Waals surface area (Å²) in [7, 11) is 0. The fourth-order valence-electron chi connectivity index (χ4n) is 3.15. The largest absolute Gasteiger partial charge is 0.352 e. The van der Waals surface area contributed by atoms with Gasteiger partial charge < -0.3 is 10.2 Å². The third kappa shape index (κ3) is 4.22. The molecule has 2 aromatic rings. The van der Waals surface area contributed by atoms with Crippen LogP contribution in [0.1, 0.15) is 28.8 Å². The van der Waals surface area contributed by atoms with Gasteiger partial charge in [0.2, 0.25) is 5.91 Å². The minimum atomic E-state index is -0.341. The maximum absolute atomic E-state index is 13.7. The van der Waals surface area contributed by atoms with Crippen molar-refractivity contribution in [3.63, 3.8) is 0 Å². The summed E-state index contributed by atoms with van der Waals surface area (Å²) in [5.41, 5.74) is 0.891. The van der Waals surface area contributed by atoms with Gasteiger partial charge >= 0.3 is 0 Å². The van der Waals surface area contributed by atoms with Crippen LogP contribution in [0.15, 0.2) is 48.5 Å². The number of piperidine rings is 1. The molecule has 6 heteroatoms. The molecule has 1 fully saturated rings. The highest BCUT2D eigenvalue weighted by Gasteiger charge is 2.29. The van der Waals surface area contributed by atoms with Crippen LogP contribution in [0.25, 0.3) is 0 Å². The number of nitrogens with one attached hydrogen (secondary N) is 1. The summed E-state index contributed by atoms with van der Waals surface area (Å²) in [6.07, 6.45) is 1.45. The molecule has 0 spiro atoms. The van der Waals surface area contributed by atoms with Crippen molar-refractivity contribution in [1.29, 1.82) is 0 Å². The van der Waals surface area contributed by atoms with Crippen LogP contribution >= 0.6 is 11.6 Å². The zero-order valence-electron chi connectivity index (χ0n) is 14.3. The van der Waals surface area contributed by atoms with E-state index in [0.29, 0.717) is 35.7 Å². The molecular formula is C20H20ClFN2O2. The average Bonchev–Trinajstić information content (AvgIpc) is 2.67. The number of amides is 2. The molecule has 0 bridgehead atoms. The van der Waals surface area contributed by atoms with Crippen molar-refractivity contribution in [2.75, 3.05) is 13.1 Å². The van der Waals surface area contributed by atoms with Crippen molar-refractivity contribution >= 4 is 23.4 Å². The Kier molecular flexibility index (Phi) is 5.89. The molecule has 1 unspecified atom stereocenters. The van der Waals surface area contributed by atoms with E-state index in [-0.39, 0.29) is 30.1 Å². The van der Waals surface area contributed by atoms with Gasteiger partial charge in [-0.3, -0.25) is 9.59 Å². The first kappa shape index (κ1) is 18.4. The molecular weight excluding hydrogens is 355 g/mol. The molecule has 1 N–H and O–H groups in total. The van der Waals surface area contributed by atoms with Gasteiger partial charge in [0.1, 0.15) is 5.82 Å². The second kappa shape index (κ2) is 8.32. The SMILES string of the molecule is O=C(NCc1ccccc1F)C1CCCN(C(=O)c2ccccc2Cl)C1. The number of nitrogens with zero attached hydrogens (tertiary/aromatic N) is 1. The number of hydrogen-bond acceptors (Lipinski definition) is 2. The number of carbonyl (C=O) groups is 2. The Morgan fingerprint density at radius 1 is 1.15 bits per heavy atom. The van der Waals surface area contributed by atoms with Crippen LogP contribution < -0.4 is 5.32 Å². The molecule has 3 rings (SSSR count). The zero-order chi connectivity index (χ0) is 18.5. The molecule has 1 atom stereocenters. The number of hydrogen-bond donors (Lipinski definition) is 1. The molecule has 0 aliphatic carbocycles. The second-order valence-corrected chi connectivity index (χ2v) is 6.79. The average molecular weight is 375 g/mol. The minimum Gasteiger partial charge on any atom is -0.352 e. The zero-order valence-corrected chi connectivity index (χ0v) is 15.0. The van der Waals surface area contributed by atoms with E-state index in [1.165, 1.54) is 6.07 Å². The topological polar surface area (TPSA) is 49.4 Å². The number of carbonyl (C=O) groups excluding carboxylic acids is 2. The van der Waals surface area contributed by atoms with Gasteiger partial charge in [-0.15, -0.1) is 0 Å². The van der Waals surface area contributed by atoms with E-state index < -0.39 is 0 Å². The summed E-state index contributed by atoms with van der Waals surface area (Å²) in [4.78, 5) is 26.8. The van der Waals surface area contributed by atoms with Crippen molar-refractivity contribution in [1.82, 2.24) is 10.2 Å². The quantitative estimate of drug-likeness (QED) is 0.888. The van der Waals surface area contributed by atoms with E-state index in [1.807, 2.05) is 0 Å². The Hall–Kier alpha value is -2.40. The van der Waals surface area contributed by atoms with E-state index in [1.54, 1.807) is 47.4 Å². The summed E-state index contributed by atoms with van der Waals surface area (Å²) in [5.74, 6) is -0.971. The highest BCUT2D eigenvalue weighted by Crippen LogP contribution is 2.22. The van der Waals surface area contributed by atoms with Crippen molar-refractivity contribution < 1.29 is 14.0 Å². The van der Waals surface area contributed by atoms with Gasteiger partial charge in [0.15, 0.2) is 0 Å².